The van der Waals surface area contributed by atoms with Crippen molar-refractivity contribution in [1.82, 2.24) is 16.0 Å². The summed E-state index contributed by atoms with van der Waals surface area (Å²) < 4.78 is 20.9. The third-order valence-electron chi connectivity index (χ3n) is 7.83. The number of anilines is 1. The highest BCUT2D eigenvalue weighted by Crippen LogP contribution is 2.32. The maximum Gasteiger partial charge on any atom is 0.407 e. The van der Waals surface area contributed by atoms with Gasteiger partial charge in [-0.15, -0.1) is 0 Å². The van der Waals surface area contributed by atoms with Gasteiger partial charge in [0.2, 0.25) is 5.91 Å². The number of Topliss-reactive ketones (excluding diaryl/α,β-unsaturated/α-hetero) is 1. The number of benzene rings is 1. The van der Waals surface area contributed by atoms with Crippen LogP contribution in [0.25, 0.3) is 0 Å². The molecule has 15 heteroatoms. The highest BCUT2D eigenvalue weighted by atomic mass is 16.7. The smallest absolute Gasteiger partial charge is 0.407 e. The van der Waals surface area contributed by atoms with E-state index in [2.05, 4.69) is 16.0 Å². The fourth-order valence-corrected chi connectivity index (χ4v) is 4.63. The zero-order chi connectivity index (χ0) is 35.2. The Hall–Kier alpha value is -3.50. The van der Waals surface area contributed by atoms with Gasteiger partial charge in [-0.05, 0) is 52.2 Å². The molecular formula is C31H52N4O11. The van der Waals surface area contributed by atoms with Crippen LogP contribution in [0.15, 0.2) is 12.1 Å². The number of aryl methyl sites for hydroxylation is 2. The Bertz CT molecular complexity index is 1160. The number of carbonyl (C=O) groups is 4. The van der Waals surface area contributed by atoms with Gasteiger partial charge in [-0.2, -0.15) is 0 Å². The van der Waals surface area contributed by atoms with Gasteiger partial charge in [-0.25, -0.2) is 4.79 Å². The predicted octanol–water partition coefficient (Wildman–Crippen LogP) is 0.315. The first-order chi connectivity index (χ1) is 21.6. The van der Waals surface area contributed by atoms with Crippen LogP contribution in [-0.2, 0) is 28.6 Å². The molecule has 0 aliphatic carbocycles. The van der Waals surface area contributed by atoms with Gasteiger partial charge >= 0.3 is 6.09 Å². The SMILES string of the molecule is CCC(CO)OC(COC(=O)NCCC(=O)NC(C)C(=O)CNC(=O)[C@@](O)(C(C)O)C(C)N(C)c1cc(OC)c(C)cc1C)OC. The number of ether oxygens (including phenoxy) is 4. The summed E-state index contributed by atoms with van der Waals surface area (Å²) >= 11 is 0. The summed E-state index contributed by atoms with van der Waals surface area (Å²) in [6.07, 6.45) is -3.29. The van der Waals surface area contributed by atoms with Gasteiger partial charge in [0.05, 0.1) is 44.6 Å². The fourth-order valence-electron chi connectivity index (χ4n) is 4.63. The molecule has 0 aliphatic rings. The number of hydrogen-bond donors (Lipinski definition) is 6. The predicted molar refractivity (Wildman–Crippen MR) is 170 cm³/mol. The van der Waals surface area contributed by atoms with E-state index in [4.69, 9.17) is 18.9 Å². The molecule has 0 spiro atoms. The molecule has 0 saturated carbocycles. The zero-order valence-corrected chi connectivity index (χ0v) is 28.3. The minimum atomic E-state index is -2.31. The number of rotatable bonds is 20. The summed E-state index contributed by atoms with van der Waals surface area (Å²) in [5.74, 6) is -1.44. The van der Waals surface area contributed by atoms with E-state index in [1.165, 1.54) is 28.1 Å². The van der Waals surface area contributed by atoms with Crippen LogP contribution in [0.2, 0.25) is 0 Å². The molecule has 0 radical (unpaired) electrons. The molecule has 46 heavy (non-hydrogen) atoms. The minimum absolute atomic E-state index is 0.0891. The van der Waals surface area contributed by atoms with E-state index < -0.39 is 66.4 Å². The van der Waals surface area contributed by atoms with Gasteiger partial charge in [0.15, 0.2) is 17.7 Å². The third kappa shape index (κ3) is 11.4. The second-order valence-corrected chi connectivity index (χ2v) is 11.1. The molecule has 262 valence electrons. The average molecular weight is 657 g/mol. The number of likely N-dealkylation sites (N-methyl/N-ethyl adjacent to an activating group) is 1. The normalized spacial score (nSPS) is 15.7. The molecule has 1 aromatic carbocycles. The number of amides is 3. The third-order valence-corrected chi connectivity index (χ3v) is 7.83. The lowest BCUT2D eigenvalue weighted by Crippen LogP contribution is -2.65. The van der Waals surface area contributed by atoms with Crippen LogP contribution < -0.4 is 25.6 Å². The van der Waals surface area contributed by atoms with E-state index in [9.17, 15) is 34.5 Å². The van der Waals surface area contributed by atoms with Gasteiger partial charge in [0.1, 0.15) is 12.4 Å². The quantitative estimate of drug-likeness (QED) is 0.105. The molecule has 6 atom stereocenters. The molecule has 1 rings (SSSR count). The Balaban J connectivity index is 2.65. The first-order valence-corrected chi connectivity index (χ1v) is 15.2. The van der Waals surface area contributed by atoms with Crippen LogP contribution in [0.4, 0.5) is 10.5 Å². The van der Waals surface area contributed by atoms with Crippen molar-refractivity contribution >= 4 is 29.4 Å². The molecule has 3 amide bonds. The lowest BCUT2D eigenvalue weighted by Gasteiger charge is -2.41. The Kier molecular flexibility index (Phi) is 16.9. The van der Waals surface area contributed by atoms with Crippen LogP contribution in [0.1, 0.15) is 51.7 Å². The van der Waals surface area contributed by atoms with Crippen molar-refractivity contribution in [2.45, 2.75) is 90.6 Å². The fraction of sp³-hybridized carbons (Fsp3) is 0.677. The number of alkyl carbamates (subject to hydrolysis) is 1. The highest BCUT2D eigenvalue weighted by molar-refractivity contribution is 5.94. The average Bonchev–Trinajstić information content (AvgIpc) is 3.02. The van der Waals surface area contributed by atoms with Crippen molar-refractivity contribution in [2.75, 3.05) is 52.5 Å². The van der Waals surface area contributed by atoms with Crippen molar-refractivity contribution in [2.24, 2.45) is 0 Å². The number of aliphatic hydroxyl groups excluding tert-OH is 2. The Morgan fingerprint density at radius 3 is 2.24 bits per heavy atom. The van der Waals surface area contributed by atoms with Crippen LogP contribution in [0.5, 0.6) is 5.75 Å². The number of nitrogens with one attached hydrogen (secondary N) is 3. The van der Waals surface area contributed by atoms with E-state index in [0.29, 0.717) is 17.9 Å². The lowest BCUT2D eigenvalue weighted by atomic mass is 9.87. The summed E-state index contributed by atoms with van der Waals surface area (Å²) in [5.41, 5.74) is 0.141. The molecule has 0 heterocycles. The largest absolute Gasteiger partial charge is 0.496 e. The van der Waals surface area contributed by atoms with E-state index in [-0.39, 0.29) is 26.2 Å². The van der Waals surface area contributed by atoms with E-state index >= 15 is 0 Å². The Morgan fingerprint density at radius 2 is 1.70 bits per heavy atom. The first-order valence-electron chi connectivity index (χ1n) is 15.2. The molecule has 1 aromatic rings. The molecule has 6 N–H and O–H groups in total. The van der Waals surface area contributed by atoms with Crippen LogP contribution in [0.3, 0.4) is 0 Å². The second kappa shape index (κ2) is 19.2. The number of nitrogens with zero attached hydrogens (tertiary/aromatic N) is 1. The topological polar surface area (TPSA) is 205 Å². The maximum atomic E-state index is 13.2. The van der Waals surface area contributed by atoms with E-state index in [1.807, 2.05) is 26.8 Å². The number of methoxy groups -OCH3 is 2. The Morgan fingerprint density at radius 1 is 1.04 bits per heavy atom. The molecule has 0 fully saturated rings. The summed E-state index contributed by atoms with van der Waals surface area (Å²) in [7, 11) is 4.58. The first kappa shape index (κ1) is 40.5. The van der Waals surface area contributed by atoms with Crippen LogP contribution in [0, 0.1) is 13.8 Å². The highest BCUT2D eigenvalue weighted by Gasteiger charge is 2.48. The summed E-state index contributed by atoms with van der Waals surface area (Å²) in [5, 5.41) is 38.4. The van der Waals surface area contributed by atoms with Gasteiger partial charge < -0.3 is 55.1 Å². The molecule has 0 aromatic heterocycles. The zero-order valence-electron chi connectivity index (χ0n) is 28.3. The standard InChI is InChI=1S/C31H52N4O11/c1-10-23(16-36)46-28(44-9)17-45-30(41)32-12-11-27(39)34-20(4)25(38)15-33-29(40)31(42,22(6)37)21(5)35(7)24-14-26(43-8)19(3)13-18(24)2/h13-14,20-23,28,36-37,42H,10-12,15-17H2,1-9H3,(H,32,41)(H,33,40)(H,34,39)/t20?,21?,22?,23?,28?,31-/m0/s1. The number of aliphatic hydroxyl groups is 3. The van der Waals surface area contributed by atoms with E-state index in [1.54, 1.807) is 24.9 Å². The van der Waals surface area contributed by atoms with Crippen molar-refractivity contribution in [3.63, 3.8) is 0 Å². The van der Waals surface area contributed by atoms with Crippen LogP contribution >= 0.6 is 0 Å². The lowest BCUT2D eigenvalue weighted by molar-refractivity contribution is -0.181. The number of carbonyl (C=O) groups excluding carboxylic acids is 4. The molecule has 0 bridgehead atoms. The molecule has 15 nitrogen and oxygen atoms in total. The van der Waals surface area contributed by atoms with E-state index in [0.717, 1.165) is 11.1 Å². The molecular weight excluding hydrogens is 604 g/mol. The van der Waals surface area contributed by atoms with Gasteiger partial charge in [0, 0.05) is 38.9 Å². The minimum Gasteiger partial charge on any atom is -0.496 e. The number of hydrogen-bond acceptors (Lipinski definition) is 12. The molecule has 5 unspecified atom stereocenters. The summed E-state index contributed by atoms with van der Waals surface area (Å²) in [4.78, 5) is 51.8. The second-order valence-electron chi connectivity index (χ2n) is 11.1. The summed E-state index contributed by atoms with van der Waals surface area (Å²) in [6, 6.07) is 1.75. The monoisotopic (exact) mass is 656 g/mol. The van der Waals surface area contributed by atoms with Gasteiger partial charge in [0.25, 0.3) is 5.91 Å². The maximum absolute atomic E-state index is 13.2. The van der Waals surface area contributed by atoms with Crippen LogP contribution in [-0.4, -0.2) is 123 Å². The van der Waals surface area contributed by atoms with Crippen molar-refractivity contribution in [3.05, 3.63) is 23.3 Å². The van der Waals surface area contributed by atoms with Crippen molar-refractivity contribution < 1.29 is 53.4 Å². The summed E-state index contributed by atoms with van der Waals surface area (Å²) in [6.45, 7) is 8.82. The van der Waals surface area contributed by atoms with Crippen molar-refractivity contribution in [3.8, 4) is 5.75 Å². The Labute approximate surface area is 270 Å². The molecule has 0 saturated heterocycles. The van der Waals surface area contributed by atoms with Crippen molar-refractivity contribution in [1.29, 1.82) is 0 Å². The van der Waals surface area contributed by atoms with Gasteiger partial charge in [-0.1, -0.05) is 13.0 Å². The molecule has 0 aliphatic heterocycles. The van der Waals surface area contributed by atoms with Gasteiger partial charge in [-0.3, -0.25) is 14.4 Å². The number of ketones is 1.